The second-order valence-electron chi connectivity index (χ2n) is 4.77. The Labute approximate surface area is 111 Å². The fourth-order valence-corrected chi connectivity index (χ4v) is 2.21. The van der Waals surface area contributed by atoms with Gasteiger partial charge in [-0.1, -0.05) is 19.1 Å². The summed E-state index contributed by atoms with van der Waals surface area (Å²) in [7, 11) is 0. The van der Waals surface area contributed by atoms with Crippen molar-refractivity contribution in [2.75, 3.05) is 18.1 Å². The van der Waals surface area contributed by atoms with Crippen molar-refractivity contribution in [3.05, 3.63) is 24.3 Å². The zero-order chi connectivity index (χ0) is 13.8. The highest BCUT2D eigenvalue weighted by Crippen LogP contribution is 2.31. The number of hydrogen-bond donors (Lipinski definition) is 1. The molecule has 1 N–H and O–H groups in total. The fraction of sp³-hybridized carbons (Fsp3) is 0.429. The number of anilines is 1. The third kappa shape index (κ3) is 3.24. The lowest BCUT2D eigenvalue weighted by Crippen LogP contribution is -2.38. The quantitative estimate of drug-likeness (QED) is 0.901. The molecule has 0 spiro atoms. The molecular formula is C14H17NO4. The number of para-hydroxylation sites is 2. The van der Waals surface area contributed by atoms with Crippen LogP contribution < -0.4 is 9.64 Å². The number of carboxylic acids is 1. The van der Waals surface area contributed by atoms with Gasteiger partial charge < -0.3 is 14.7 Å². The molecule has 0 saturated carbocycles. The van der Waals surface area contributed by atoms with Gasteiger partial charge in [0.1, 0.15) is 12.4 Å². The molecule has 1 unspecified atom stereocenters. The molecule has 2 rings (SSSR count). The second kappa shape index (κ2) is 5.73. The van der Waals surface area contributed by atoms with Crippen LogP contribution in [0.5, 0.6) is 5.75 Å². The third-order valence-corrected chi connectivity index (χ3v) is 3.08. The van der Waals surface area contributed by atoms with Gasteiger partial charge in [0.25, 0.3) is 0 Å². The molecule has 1 atom stereocenters. The van der Waals surface area contributed by atoms with Gasteiger partial charge in [-0.25, -0.2) is 0 Å². The summed E-state index contributed by atoms with van der Waals surface area (Å²) in [6.07, 6.45) is 0.248. The Morgan fingerprint density at radius 1 is 1.37 bits per heavy atom. The van der Waals surface area contributed by atoms with Gasteiger partial charge in [0.05, 0.1) is 12.2 Å². The first-order valence-corrected chi connectivity index (χ1v) is 6.32. The van der Waals surface area contributed by atoms with Gasteiger partial charge >= 0.3 is 5.97 Å². The number of carboxylic acid groups (broad SMARTS) is 1. The normalized spacial score (nSPS) is 15.3. The van der Waals surface area contributed by atoms with Crippen molar-refractivity contribution in [2.24, 2.45) is 5.92 Å². The average Bonchev–Trinajstić information content (AvgIpc) is 2.36. The Morgan fingerprint density at radius 2 is 2.11 bits per heavy atom. The Balaban J connectivity index is 2.06. The zero-order valence-electron chi connectivity index (χ0n) is 10.8. The van der Waals surface area contributed by atoms with Crippen LogP contribution in [0.15, 0.2) is 24.3 Å². The topological polar surface area (TPSA) is 66.8 Å². The van der Waals surface area contributed by atoms with E-state index >= 15 is 0 Å². The lowest BCUT2D eigenvalue weighted by atomic mass is 10.0. The molecule has 0 saturated heterocycles. The Hall–Kier alpha value is -2.04. The van der Waals surface area contributed by atoms with Crippen LogP contribution in [-0.2, 0) is 9.59 Å². The number of aliphatic carboxylic acids is 1. The van der Waals surface area contributed by atoms with Crippen molar-refractivity contribution in [3.63, 3.8) is 0 Å². The number of carbonyl (C=O) groups is 2. The number of hydrogen-bond acceptors (Lipinski definition) is 3. The maximum absolute atomic E-state index is 12.2. The maximum Gasteiger partial charge on any atom is 0.303 e. The van der Waals surface area contributed by atoms with Crippen LogP contribution in [0.4, 0.5) is 5.69 Å². The monoisotopic (exact) mass is 263 g/mol. The van der Waals surface area contributed by atoms with Gasteiger partial charge in [-0.15, -0.1) is 0 Å². The van der Waals surface area contributed by atoms with Gasteiger partial charge in [0, 0.05) is 12.8 Å². The summed E-state index contributed by atoms with van der Waals surface area (Å²) in [4.78, 5) is 24.5. The minimum atomic E-state index is -0.873. The molecule has 0 bridgehead atoms. The summed E-state index contributed by atoms with van der Waals surface area (Å²) in [5, 5.41) is 8.72. The number of carbonyl (C=O) groups excluding carboxylic acids is 1. The van der Waals surface area contributed by atoms with Crippen molar-refractivity contribution in [2.45, 2.75) is 19.8 Å². The minimum Gasteiger partial charge on any atom is -0.490 e. The molecule has 1 aromatic rings. The van der Waals surface area contributed by atoms with E-state index in [1.54, 1.807) is 11.8 Å². The Kier molecular flexibility index (Phi) is 4.04. The van der Waals surface area contributed by atoms with E-state index in [2.05, 4.69) is 0 Å². The van der Waals surface area contributed by atoms with Crippen molar-refractivity contribution in [1.29, 1.82) is 0 Å². The molecule has 5 nitrogen and oxygen atoms in total. The van der Waals surface area contributed by atoms with Crippen molar-refractivity contribution >= 4 is 17.6 Å². The number of fused-ring (bicyclic) bond motifs is 1. The highest BCUT2D eigenvalue weighted by atomic mass is 16.5. The van der Waals surface area contributed by atoms with Gasteiger partial charge in [0.2, 0.25) is 5.91 Å². The molecule has 0 radical (unpaired) electrons. The molecule has 0 aromatic heterocycles. The van der Waals surface area contributed by atoms with E-state index in [1.807, 2.05) is 24.3 Å². The summed E-state index contributed by atoms with van der Waals surface area (Å²) in [5.74, 6) is -0.389. The molecular weight excluding hydrogens is 246 g/mol. The van der Waals surface area contributed by atoms with E-state index in [1.165, 1.54) is 0 Å². The minimum absolute atomic E-state index is 0.0116. The lowest BCUT2D eigenvalue weighted by molar-refractivity contribution is -0.138. The number of amides is 1. The molecule has 19 heavy (non-hydrogen) atoms. The lowest BCUT2D eigenvalue weighted by Gasteiger charge is -2.30. The molecule has 1 aliphatic rings. The molecule has 1 amide bonds. The number of nitrogens with zero attached hydrogens (tertiary/aromatic N) is 1. The largest absolute Gasteiger partial charge is 0.490 e. The molecule has 0 fully saturated rings. The van der Waals surface area contributed by atoms with E-state index in [4.69, 9.17) is 9.84 Å². The van der Waals surface area contributed by atoms with Gasteiger partial charge in [-0.3, -0.25) is 9.59 Å². The first kappa shape index (κ1) is 13.4. The summed E-state index contributed by atoms with van der Waals surface area (Å²) in [6.45, 7) is 2.75. The first-order chi connectivity index (χ1) is 9.08. The van der Waals surface area contributed by atoms with E-state index in [-0.39, 0.29) is 24.7 Å². The van der Waals surface area contributed by atoms with Crippen LogP contribution in [-0.4, -0.2) is 30.1 Å². The van der Waals surface area contributed by atoms with Crippen molar-refractivity contribution in [3.8, 4) is 5.75 Å². The SMILES string of the molecule is CC(CC(=O)O)CC(=O)N1CCOc2ccccc21. The molecule has 0 aliphatic carbocycles. The fourth-order valence-electron chi connectivity index (χ4n) is 2.21. The van der Waals surface area contributed by atoms with E-state index in [9.17, 15) is 9.59 Å². The maximum atomic E-state index is 12.2. The van der Waals surface area contributed by atoms with Gasteiger partial charge in [-0.2, -0.15) is 0 Å². The molecule has 1 aliphatic heterocycles. The number of ether oxygens (including phenoxy) is 1. The number of rotatable bonds is 4. The third-order valence-electron chi connectivity index (χ3n) is 3.08. The van der Waals surface area contributed by atoms with Crippen LogP contribution in [0, 0.1) is 5.92 Å². The predicted molar refractivity (Wildman–Crippen MR) is 70.3 cm³/mol. The summed E-state index contributed by atoms with van der Waals surface area (Å²) >= 11 is 0. The molecule has 102 valence electrons. The van der Waals surface area contributed by atoms with E-state index in [0.717, 1.165) is 5.69 Å². The Morgan fingerprint density at radius 3 is 2.84 bits per heavy atom. The number of benzene rings is 1. The zero-order valence-corrected chi connectivity index (χ0v) is 10.8. The molecule has 1 aromatic carbocycles. The second-order valence-corrected chi connectivity index (χ2v) is 4.77. The summed E-state index contributed by atoms with van der Waals surface area (Å²) in [5.41, 5.74) is 0.765. The summed E-state index contributed by atoms with van der Waals surface area (Å²) in [6, 6.07) is 7.39. The summed E-state index contributed by atoms with van der Waals surface area (Å²) < 4.78 is 5.49. The van der Waals surface area contributed by atoms with E-state index in [0.29, 0.717) is 18.9 Å². The van der Waals surface area contributed by atoms with Crippen LogP contribution in [0.1, 0.15) is 19.8 Å². The van der Waals surface area contributed by atoms with Gasteiger partial charge in [0.15, 0.2) is 0 Å². The van der Waals surface area contributed by atoms with Crippen LogP contribution >= 0.6 is 0 Å². The van der Waals surface area contributed by atoms with Crippen LogP contribution in [0.25, 0.3) is 0 Å². The first-order valence-electron chi connectivity index (χ1n) is 6.32. The average molecular weight is 263 g/mol. The van der Waals surface area contributed by atoms with E-state index < -0.39 is 5.97 Å². The Bertz CT molecular complexity index is 486. The smallest absolute Gasteiger partial charge is 0.303 e. The highest BCUT2D eigenvalue weighted by Gasteiger charge is 2.24. The van der Waals surface area contributed by atoms with Crippen molar-refractivity contribution in [1.82, 2.24) is 0 Å². The van der Waals surface area contributed by atoms with Gasteiger partial charge in [-0.05, 0) is 18.1 Å². The van der Waals surface area contributed by atoms with Crippen LogP contribution in [0.2, 0.25) is 0 Å². The molecule has 5 heteroatoms. The molecule has 1 heterocycles. The van der Waals surface area contributed by atoms with Crippen LogP contribution in [0.3, 0.4) is 0 Å². The standard InChI is InChI=1S/C14H17NO4/c1-10(9-14(17)18)8-13(16)15-6-7-19-12-5-3-2-4-11(12)15/h2-5,10H,6-9H2,1H3,(H,17,18). The predicted octanol–water partition coefficient (Wildman–Crippen LogP) is 1.91. The highest BCUT2D eigenvalue weighted by molar-refractivity contribution is 5.95. The van der Waals surface area contributed by atoms with Crippen molar-refractivity contribution < 1.29 is 19.4 Å².